The van der Waals surface area contributed by atoms with Crippen molar-refractivity contribution in [2.75, 3.05) is 17.8 Å². The number of benzene rings is 3. The molecule has 5 rings (SSSR count). The first kappa shape index (κ1) is 32.6. The molecule has 3 aromatic carbocycles. The van der Waals surface area contributed by atoms with Gasteiger partial charge in [-0.15, -0.1) is 13.2 Å². The number of ether oxygens (including phenoxy) is 1. The highest BCUT2D eigenvalue weighted by Gasteiger charge is 2.31. The number of hydrogen-bond donors (Lipinski definition) is 3. The summed E-state index contributed by atoms with van der Waals surface area (Å²) in [5, 5.41) is 17.4. The number of aliphatic hydroxyl groups excluding tert-OH is 1. The maximum Gasteiger partial charge on any atom is 0.573 e. The lowest BCUT2D eigenvalue weighted by Crippen LogP contribution is -2.23. The van der Waals surface area contributed by atoms with Gasteiger partial charge in [0.05, 0.1) is 16.9 Å². The third kappa shape index (κ3) is 8.68. The Balaban J connectivity index is 1.14. The van der Waals surface area contributed by atoms with E-state index in [1.165, 1.54) is 36.4 Å². The molecule has 10 nitrogen and oxygen atoms in total. The first-order valence-electron chi connectivity index (χ1n) is 14.2. The Morgan fingerprint density at radius 2 is 1.67 bits per heavy atom. The van der Waals surface area contributed by atoms with Gasteiger partial charge in [0.1, 0.15) is 5.75 Å². The van der Waals surface area contributed by atoms with Gasteiger partial charge in [-0.05, 0) is 85.6 Å². The summed E-state index contributed by atoms with van der Waals surface area (Å²) in [4.78, 5) is 8.42. The summed E-state index contributed by atoms with van der Waals surface area (Å²) < 4.78 is 75.1. The van der Waals surface area contributed by atoms with Crippen molar-refractivity contribution >= 4 is 15.7 Å². The predicted octanol–water partition coefficient (Wildman–Crippen LogP) is 5.85. The van der Waals surface area contributed by atoms with Crippen molar-refractivity contribution in [3.8, 4) is 17.1 Å². The zero-order valence-corrected chi connectivity index (χ0v) is 25.3. The molecule has 0 aliphatic carbocycles. The van der Waals surface area contributed by atoms with Crippen molar-refractivity contribution in [3.63, 3.8) is 0 Å². The highest BCUT2D eigenvalue weighted by atomic mass is 32.2. The van der Waals surface area contributed by atoms with Crippen molar-refractivity contribution < 1.29 is 36.0 Å². The van der Waals surface area contributed by atoms with Crippen LogP contribution in [0.2, 0.25) is 0 Å². The van der Waals surface area contributed by atoms with Gasteiger partial charge in [0.25, 0.3) is 10.0 Å². The summed E-state index contributed by atoms with van der Waals surface area (Å²) in [7, 11) is -3.88. The van der Waals surface area contributed by atoms with Crippen LogP contribution in [0.1, 0.15) is 41.5 Å². The molecule has 0 fully saturated rings. The summed E-state index contributed by atoms with van der Waals surface area (Å²) >= 11 is 0. The minimum Gasteiger partial charge on any atom is -0.406 e. The average Bonchev–Trinajstić information content (AvgIpc) is 3.54. The molecule has 0 radical (unpaired) electrons. The standard InChI is InChI=1S/C32H30F3N5O5S/c1-21(23-6-12-27(13-7-23)44-32(33,34)35)31-38-30(39-45-31)24-8-14-28(15-9-24)46(42,43)40-26-10-4-22(5-11-26)16-18-37-20-29(41)25-3-2-17-36-19-25/h2-15,17,19,21,29,37,40-41H,16,18,20H2,1H3. The number of hydrogen-bond acceptors (Lipinski definition) is 9. The SMILES string of the molecule is CC(c1ccc(OC(F)(F)F)cc1)c1nc(-c2ccc(S(=O)(=O)Nc3ccc(CCNCC(O)c4cccnc4)cc3)cc2)no1. The van der Waals surface area contributed by atoms with Crippen LogP contribution in [-0.2, 0) is 16.4 Å². The Bertz CT molecular complexity index is 1820. The normalized spacial score (nSPS) is 13.2. The third-order valence-electron chi connectivity index (χ3n) is 7.05. The zero-order valence-electron chi connectivity index (χ0n) is 24.5. The van der Waals surface area contributed by atoms with Crippen LogP contribution in [0, 0.1) is 0 Å². The van der Waals surface area contributed by atoms with E-state index < -0.39 is 28.4 Å². The van der Waals surface area contributed by atoms with Crippen molar-refractivity contribution in [1.29, 1.82) is 0 Å². The van der Waals surface area contributed by atoms with Crippen LogP contribution >= 0.6 is 0 Å². The van der Waals surface area contributed by atoms with Crippen LogP contribution in [-0.4, -0.2) is 48.1 Å². The van der Waals surface area contributed by atoms with Gasteiger partial charge >= 0.3 is 6.36 Å². The van der Waals surface area contributed by atoms with Gasteiger partial charge in [-0.25, -0.2) is 8.42 Å². The van der Waals surface area contributed by atoms with Gasteiger partial charge in [-0.2, -0.15) is 4.98 Å². The molecule has 2 aromatic heterocycles. The molecule has 2 heterocycles. The second-order valence-electron chi connectivity index (χ2n) is 10.4. The maximum atomic E-state index is 13.0. The van der Waals surface area contributed by atoms with E-state index >= 15 is 0 Å². The number of sulfonamides is 1. The summed E-state index contributed by atoms with van der Waals surface area (Å²) in [6.07, 6.45) is -1.47. The molecular formula is C32H30F3N5O5S. The molecule has 0 aliphatic heterocycles. The Labute approximate surface area is 263 Å². The predicted molar refractivity (Wildman–Crippen MR) is 163 cm³/mol. The lowest BCUT2D eigenvalue weighted by atomic mass is 10.0. The van der Waals surface area contributed by atoms with Crippen LogP contribution in [0.5, 0.6) is 5.75 Å². The number of alkyl halides is 3. The van der Waals surface area contributed by atoms with E-state index in [-0.39, 0.29) is 22.4 Å². The smallest absolute Gasteiger partial charge is 0.406 e. The summed E-state index contributed by atoms with van der Waals surface area (Å²) in [6.45, 7) is 2.78. The molecule has 0 bridgehead atoms. The largest absolute Gasteiger partial charge is 0.573 e. The number of rotatable bonds is 13. The fourth-order valence-electron chi connectivity index (χ4n) is 4.53. The quantitative estimate of drug-likeness (QED) is 0.134. The molecule has 2 atom stereocenters. The van der Waals surface area contributed by atoms with Gasteiger partial charge in [-0.3, -0.25) is 9.71 Å². The number of nitrogens with one attached hydrogen (secondary N) is 2. The molecule has 14 heteroatoms. The number of aromatic nitrogens is 3. The lowest BCUT2D eigenvalue weighted by Gasteiger charge is -2.12. The molecule has 2 unspecified atom stereocenters. The van der Waals surface area contributed by atoms with Crippen molar-refractivity contribution in [3.05, 3.63) is 120 Å². The fourth-order valence-corrected chi connectivity index (χ4v) is 5.59. The van der Waals surface area contributed by atoms with Gasteiger partial charge in [0.15, 0.2) is 0 Å². The Morgan fingerprint density at radius 3 is 2.33 bits per heavy atom. The number of anilines is 1. The second kappa shape index (κ2) is 14.1. The molecule has 0 saturated heterocycles. The molecule has 5 aromatic rings. The molecule has 0 spiro atoms. The van der Waals surface area contributed by atoms with Gasteiger partial charge in [0, 0.05) is 35.8 Å². The number of halogens is 3. The average molecular weight is 654 g/mol. The van der Waals surface area contributed by atoms with Crippen molar-refractivity contribution in [2.45, 2.75) is 36.6 Å². The maximum absolute atomic E-state index is 13.0. The third-order valence-corrected chi connectivity index (χ3v) is 8.45. The molecule has 0 saturated carbocycles. The van der Waals surface area contributed by atoms with Crippen molar-refractivity contribution in [1.82, 2.24) is 20.4 Å². The Kier molecular flexibility index (Phi) is 9.99. The van der Waals surface area contributed by atoms with Gasteiger partial charge < -0.3 is 19.7 Å². The summed E-state index contributed by atoms with van der Waals surface area (Å²) in [6, 6.07) is 21.9. The minimum absolute atomic E-state index is 0.0370. The van der Waals surface area contributed by atoms with E-state index in [1.54, 1.807) is 49.6 Å². The summed E-state index contributed by atoms with van der Waals surface area (Å²) in [5.41, 5.74) is 3.29. The Morgan fingerprint density at radius 1 is 0.957 bits per heavy atom. The highest BCUT2D eigenvalue weighted by Crippen LogP contribution is 2.29. The zero-order chi connectivity index (χ0) is 32.7. The first-order chi connectivity index (χ1) is 22.0. The topological polar surface area (TPSA) is 139 Å². The monoisotopic (exact) mass is 653 g/mol. The van der Waals surface area contributed by atoms with Crippen LogP contribution < -0.4 is 14.8 Å². The van der Waals surface area contributed by atoms with E-state index in [0.29, 0.717) is 36.3 Å². The molecular weight excluding hydrogens is 623 g/mol. The van der Waals surface area contributed by atoms with Crippen LogP contribution in [0.4, 0.5) is 18.9 Å². The highest BCUT2D eigenvalue weighted by molar-refractivity contribution is 7.92. The second-order valence-corrected chi connectivity index (χ2v) is 12.1. The first-order valence-corrected chi connectivity index (χ1v) is 15.7. The van der Waals surface area contributed by atoms with E-state index in [4.69, 9.17) is 4.52 Å². The van der Waals surface area contributed by atoms with E-state index in [2.05, 4.69) is 29.9 Å². The van der Waals surface area contributed by atoms with Crippen LogP contribution in [0.15, 0.2) is 107 Å². The van der Waals surface area contributed by atoms with Crippen LogP contribution in [0.25, 0.3) is 11.4 Å². The number of pyridine rings is 1. The van der Waals surface area contributed by atoms with Crippen LogP contribution in [0.3, 0.4) is 0 Å². The molecule has 0 amide bonds. The fraction of sp³-hybridized carbons (Fsp3) is 0.219. The lowest BCUT2D eigenvalue weighted by molar-refractivity contribution is -0.274. The van der Waals surface area contributed by atoms with Gasteiger partial charge in [0.2, 0.25) is 11.7 Å². The molecule has 46 heavy (non-hydrogen) atoms. The number of nitrogens with zero attached hydrogens (tertiary/aromatic N) is 3. The molecule has 240 valence electrons. The summed E-state index contributed by atoms with van der Waals surface area (Å²) in [5.74, 6) is -0.292. The van der Waals surface area contributed by atoms with Crippen molar-refractivity contribution in [2.24, 2.45) is 0 Å². The minimum atomic E-state index is -4.78. The number of aliphatic hydroxyl groups is 1. The van der Waals surface area contributed by atoms with E-state index in [0.717, 1.165) is 11.1 Å². The molecule has 3 N–H and O–H groups in total. The van der Waals surface area contributed by atoms with E-state index in [9.17, 15) is 26.7 Å². The van der Waals surface area contributed by atoms with Gasteiger partial charge in [-0.1, -0.05) is 35.5 Å². The Hall–Kier alpha value is -4.79. The molecule has 0 aliphatic rings. The van der Waals surface area contributed by atoms with E-state index in [1.807, 2.05) is 18.2 Å².